The van der Waals surface area contributed by atoms with E-state index in [0.29, 0.717) is 22.2 Å². The van der Waals surface area contributed by atoms with Crippen LogP contribution in [0.3, 0.4) is 0 Å². The molecular formula is C16H14Cl2O2. The molecule has 0 saturated heterocycles. The van der Waals surface area contributed by atoms with Crippen molar-refractivity contribution < 1.29 is 9.53 Å². The van der Waals surface area contributed by atoms with Crippen LogP contribution in [0, 0.1) is 13.8 Å². The van der Waals surface area contributed by atoms with Gasteiger partial charge in [0.15, 0.2) is 0 Å². The smallest absolute Gasteiger partial charge is 0.150 e. The number of benzene rings is 2. The van der Waals surface area contributed by atoms with Crippen molar-refractivity contribution in [3.63, 3.8) is 0 Å². The highest BCUT2D eigenvalue weighted by molar-refractivity contribution is 6.35. The molecule has 104 valence electrons. The third-order valence-electron chi connectivity index (χ3n) is 3.04. The Bertz CT molecular complexity index is 608. The first kappa shape index (κ1) is 14.9. The van der Waals surface area contributed by atoms with Crippen molar-refractivity contribution in [2.45, 2.75) is 20.5 Å². The van der Waals surface area contributed by atoms with E-state index in [1.807, 2.05) is 13.8 Å². The first-order chi connectivity index (χ1) is 9.52. The molecular weight excluding hydrogens is 295 g/mol. The number of rotatable bonds is 4. The maximum absolute atomic E-state index is 10.8. The first-order valence-corrected chi connectivity index (χ1v) is 6.90. The van der Waals surface area contributed by atoms with Gasteiger partial charge < -0.3 is 4.74 Å². The van der Waals surface area contributed by atoms with Crippen LogP contribution in [0.1, 0.15) is 27.0 Å². The fourth-order valence-corrected chi connectivity index (χ4v) is 2.60. The van der Waals surface area contributed by atoms with Gasteiger partial charge in [-0.1, -0.05) is 29.3 Å². The predicted molar refractivity (Wildman–Crippen MR) is 82.1 cm³/mol. The largest absolute Gasteiger partial charge is 0.488 e. The number of hydrogen-bond donors (Lipinski definition) is 0. The second-order valence-corrected chi connectivity index (χ2v) is 5.40. The first-order valence-electron chi connectivity index (χ1n) is 6.15. The van der Waals surface area contributed by atoms with Crippen molar-refractivity contribution in [1.29, 1.82) is 0 Å². The van der Waals surface area contributed by atoms with Crippen molar-refractivity contribution in [2.75, 3.05) is 0 Å². The summed E-state index contributed by atoms with van der Waals surface area (Å²) in [4.78, 5) is 10.8. The van der Waals surface area contributed by atoms with Gasteiger partial charge in [0.05, 0.1) is 0 Å². The number of hydrogen-bond acceptors (Lipinski definition) is 2. The molecule has 0 heterocycles. The second kappa shape index (κ2) is 6.29. The fraction of sp³-hybridized carbons (Fsp3) is 0.188. The molecule has 0 spiro atoms. The Labute approximate surface area is 128 Å². The summed E-state index contributed by atoms with van der Waals surface area (Å²) in [5, 5.41) is 1.16. The summed E-state index contributed by atoms with van der Waals surface area (Å²) in [6.07, 6.45) is 0.828. The van der Waals surface area contributed by atoms with Gasteiger partial charge >= 0.3 is 0 Å². The van der Waals surface area contributed by atoms with Crippen LogP contribution in [0.2, 0.25) is 10.0 Å². The highest BCUT2D eigenvalue weighted by Gasteiger charge is 2.10. The van der Waals surface area contributed by atoms with Crippen LogP contribution in [-0.2, 0) is 6.61 Å². The predicted octanol–water partition coefficient (Wildman–Crippen LogP) is 5.00. The van der Waals surface area contributed by atoms with Crippen molar-refractivity contribution >= 4 is 29.5 Å². The van der Waals surface area contributed by atoms with E-state index < -0.39 is 0 Å². The molecule has 0 amide bonds. The van der Waals surface area contributed by atoms with Crippen LogP contribution >= 0.6 is 23.2 Å². The van der Waals surface area contributed by atoms with E-state index in [4.69, 9.17) is 27.9 Å². The number of aryl methyl sites for hydroxylation is 2. The molecule has 4 heteroatoms. The van der Waals surface area contributed by atoms with Gasteiger partial charge in [0, 0.05) is 21.2 Å². The average molecular weight is 309 g/mol. The molecule has 0 aliphatic rings. The Morgan fingerprint density at radius 3 is 2.15 bits per heavy atom. The molecule has 2 nitrogen and oxygen atoms in total. The molecule has 0 aliphatic heterocycles. The Balaban J connectivity index is 2.26. The average Bonchev–Trinajstić information content (AvgIpc) is 2.40. The van der Waals surface area contributed by atoms with E-state index >= 15 is 0 Å². The zero-order valence-electron chi connectivity index (χ0n) is 11.2. The van der Waals surface area contributed by atoms with Gasteiger partial charge in [-0.2, -0.15) is 0 Å². The molecule has 2 aromatic carbocycles. The molecule has 0 bridgehead atoms. The fourth-order valence-electron chi connectivity index (χ4n) is 2.09. The summed E-state index contributed by atoms with van der Waals surface area (Å²) in [6.45, 7) is 4.10. The lowest BCUT2D eigenvalue weighted by Crippen LogP contribution is -2.01. The summed E-state index contributed by atoms with van der Waals surface area (Å²) in [7, 11) is 0. The number of aldehydes is 1. The molecule has 0 aromatic heterocycles. The molecule has 2 aromatic rings. The van der Waals surface area contributed by atoms with Crippen LogP contribution in [0.5, 0.6) is 5.75 Å². The van der Waals surface area contributed by atoms with E-state index in [1.165, 1.54) is 0 Å². The number of halogens is 2. The van der Waals surface area contributed by atoms with Crippen LogP contribution in [-0.4, -0.2) is 6.29 Å². The molecule has 0 fully saturated rings. The minimum absolute atomic E-state index is 0.292. The van der Waals surface area contributed by atoms with E-state index in [0.717, 1.165) is 28.7 Å². The van der Waals surface area contributed by atoms with Crippen molar-refractivity contribution in [3.8, 4) is 5.75 Å². The van der Waals surface area contributed by atoms with Crippen molar-refractivity contribution in [2.24, 2.45) is 0 Å². The van der Waals surface area contributed by atoms with E-state index in [2.05, 4.69) is 0 Å². The molecule has 2 rings (SSSR count). The van der Waals surface area contributed by atoms with Gasteiger partial charge in [-0.3, -0.25) is 4.79 Å². The van der Waals surface area contributed by atoms with E-state index in [1.54, 1.807) is 30.3 Å². The molecule has 0 radical (unpaired) electrons. The highest BCUT2D eigenvalue weighted by Crippen LogP contribution is 2.29. The third kappa shape index (κ3) is 3.14. The van der Waals surface area contributed by atoms with Crippen molar-refractivity contribution in [1.82, 2.24) is 0 Å². The lowest BCUT2D eigenvalue weighted by atomic mass is 10.1. The normalized spacial score (nSPS) is 10.4. The SMILES string of the molecule is Cc1cc(C=O)cc(C)c1OCc1c(Cl)cccc1Cl. The van der Waals surface area contributed by atoms with Gasteiger partial charge in [0.25, 0.3) is 0 Å². The highest BCUT2D eigenvalue weighted by atomic mass is 35.5. The molecule has 0 aliphatic carbocycles. The lowest BCUT2D eigenvalue weighted by molar-refractivity contribution is 0.112. The minimum Gasteiger partial charge on any atom is -0.488 e. The Kier molecular flexibility index (Phi) is 4.69. The van der Waals surface area contributed by atoms with Crippen LogP contribution in [0.4, 0.5) is 0 Å². The van der Waals surface area contributed by atoms with Gasteiger partial charge in [-0.05, 0) is 49.2 Å². The number of carbonyl (C=O) groups excluding carboxylic acids is 1. The topological polar surface area (TPSA) is 26.3 Å². The summed E-state index contributed by atoms with van der Waals surface area (Å²) < 4.78 is 5.83. The van der Waals surface area contributed by atoms with Gasteiger partial charge in [-0.15, -0.1) is 0 Å². The summed E-state index contributed by atoms with van der Waals surface area (Å²) in [5.74, 6) is 0.756. The lowest BCUT2D eigenvalue weighted by Gasteiger charge is -2.14. The zero-order chi connectivity index (χ0) is 14.7. The maximum Gasteiger partial charge on any atom is 0.150 e. The Morgan fingerprint density at radius 1 is 1.10 bits per heavy atom. The second-order valence-electron chi connectivity index (χ2n) is 4.59. The van der Waals surface area contributed by atoms with E-state index in [-0.39, 0.29) is 0 Å². The minimum atomic E-state index is 0.292. The molecule has 20 heavy (non-hydrogen) atoms. The van der Waals surface area contributed by atoms with Gasteiger partial charge in [0.1, 0.15) is 18.6 Å². The zero-order valence-corrected chi connectivity index (χ0v) is 12.8. The number of ether oxygens (including phenoxy) is 1. The molecule has 0 saturated carbocycles. The summed E-state index contributed by atoms with van der Waals surface area (Å²) >= 11 is 12.2. The Hall–Kier alpha value is -1.51. The maximum atomic E-state index is 10.8. The van der Waals surface area contributed by atoms with Gasteiger partial charge in [0.2, 0.25) is 0 Å². The quantitative estimate of drug-likeness (QED) is 0.743. The van der Waals surface area contributed by atoms with Gasteiger partial charge in [-0.25, -0.2) is 0 Å². The molecule has 0 atom stereocenters. The standard InChI is InChI=1S/C16H14Cl2O2/c1-10-6-12(8-19)7-11(2)16(10)20-9-13-14(17)4-3-5-15(13)18/h3-8H,9H2,1-2H3. The third-order valence-corrected chi connectivity index (χ3v) is 3.75. The van der Waals surface area contributed by atoms with E-state index in [9.17, 15) is 4.79 Å². The van der Waals surface area contributed by atoms with Crippen LogP contribution in [0.25, 0.3) is 0 Å². The summed E-state index contributed by atoms with van der Waals surface area (Å²) in [5.41, 5.74) is 3.22. The monoisotopic (exact) mass is 308 g/mol. The molecule has 0 N–H and O–H groups in total. The van der Waals surface area contributed by atoms with Crippen LogP contribution < -0.4 is 4.74 Å². The number of carbonyl (C=O) groups is 1. The summed E-state index contributed by atoms with van der Waals surface area (Å²) in [6, 6.07) is 8.94. The molecule has 0 unspecified atom stereocenters. The van der Waals surface area contributed by atoms with Crippen molar-refractivity contribution in [3.05, 3.63) is 62.6 Å². The van der Waals surface area contributed by atoms with Crippen LogP contribution in [0.15, 0.2) is 30.3 Å². The Morgan fingerprint density at radius 2 is 1.65 bits per heavy atom.